The van der Waals surface area contributed by atoms with Gasteiger partial charge >= 0.3 is 0 Å². The van der Waals surface area contributed by atoms with E-state index in [4.69, 9.17) is 30.5 Å². The summed E-state index contributed by atoms with van der Waals surface area (Å²) in [6.07, 6.45) is 15.0. The van der Waals surface area contributed by atoms with Crippen molar-refractivity contribution in [1.29, 1.82) is 0 Å². The van der Waals surface area contributed by atoms with Crippen LogP contribution in [0.1, 0.15) is 122 Å². The van der Waals surface area contributed by atoms with Gasteiger partial charge in [-0.05, 0) is 167 Å². The Bertz CT molecular complexity index is 2240. The quantitative estimate of drug-likeness (QED) is 0.128. The molecule has 2 aromatic heterocycles. The highest BCUT2D eigenvalue weighted by molar-refractivity contribution is 14.1. The summed E-state index contributed by atoms with van der Waals surface area (Å²) in [5, 5.41) is 3.41. The number of fused-ring (bicyclic) bond motifs is 6. The summed E-state index contributed by atoms with van der Waals surface area (Å²) in [6, 6.07) is 19.7. The van der Waals surface area contributed by atoms with Crippen molar-refractivity contribution in [2.75, 3.05) is 57.8 Å². The predicted molar refractivity (Wildman–Crippen MR) is 278 cm³/mol. The number of carbonyl (C=O) groups is 2. The first kappa shape index (κ1) is 54.3. The van der Waals surface area contributed by atoms with Gasteiger partial charge in [0.1, 0.15) is 0 Å². The van der Waals surface area contributed by atoms with E-state index in [1.54, 1.807) is 6.20 Å². The van der Waals surface area contributed by atoms with Crippen LogP contribution in [0.5, 0.6) is 23.0 Å². The molecule has 4 fully saturated rings. The monoisotopic (exact) mass is 1090 g/mol. The molecule has 67 heavy (non-hydrogen) atoms. The van der Waals surface area contributed by atoms with E-state index in [0.717, 1.165) is 135 Å². The Morgan fingerprint density at radius 3 is 1.49 bits per heavy atom. The zero-order valence-corrected chi connectivity index (χ0v) is 41.5. The number of benzene rings is 2. The van der Waals surface area contributed by atoms with Crippen LogP contribution in [0.3, 0.4) is 0 Å². The fourth-order valence-corrected chi connectivity index (χ4v) is 10.5. The summed E-state index contributed by atoms with van der Waals surface area (Å²) in [5.41, 5.74) is 5.92. The van der Waals surface area contributed by atoms with Crippen molar-refractivity contribution >= 4 is 70.8 Å². The molecule has 0 bridgehead atoms. The van der Waals surface area contributed by atoms with Crippen molar-refractivity contribution in [3.63, 3.8) is 0 Å². The van der Waals surface area contributed by atoms with Crippen LogP contribution in [0.2, 0.25) is 0 Å². The number of nitrogens with zero attached hydrogens (tertiary/aromatic N) is 5. The molecule has 0 radical (unpaired) electrons. The molecule has 2 spiro atoms. The summed E-state index contributed by atoms with van der Waals surface area (Å²) in [5.74, 6) is 5.30. The van der Waals surface area contributed by atoms with Crippen molar-refractivity contribution in [2.45, 2.75) is 103 Å². The van der Waals surface area contributed by atoms with Crippen LogP contribution in [0.25, 0.3) is 0 Å². The molecule has 0 unspecified atom stereocenters. The van der Waals surface area contributed by atoms with E-state index < -0.39 is 0 Å². The zero-order chi connectivity index (χ0) is 43.4. The van der Waals surface area contributed by atoms with Gasteiger partial charge in [-0.2, -0.15) is 0 Å². The minimum absolute atomic E-state index is 0. The van der Waals surface area contributed by atoms with Gasteiger partial charge in [-0.1, -0.05) is 49.6 Å². The minimum Gasteiger partial charge on any atom is -0.454 e. The van der Waals surface area contributed by atoms with Gasteiger partial charge in [0.05, 0.1) is 28.3 Å². The third-order valence-electron chi connectivity index (χ3n) is 14.1. The lowest BCUT2D eigenvalue weighted by atomic mass is 9.93. The number of hydrogen-bond acceptors (Lipinski definition) is 10. The highest BCUT2D eigenvalue weighted by Gasteiger charge is 2.59. The molecular formula is C51H68Cl3IN6O6. The second-order valence-electron chi connectivity index (χ2n) is 17.7. The molecule has 4 aromatic rings. The second kappa shape index (κ2) is 24.3. The van der Waals surface area contributed by atoms with E-state index in [1.807, 2.05) is 53.6 Å². The van der Waals surface area contributed by atoms with E-state index in [0.29, 0.717) is 23.3 Å². The SMILES string of the molecule is C.C.CI.Cl.Cl.ClCc1ccccn1.O=C1c2cc3c(cc2C2(CC2)N1CCC1CCN(Cc2ccccn2)CC1)OCO3.O=C1c2cc3c(cc2C2(CC2)N1CCC1CCNCC1)OCO3. The molecule has 2 aliphatic carbocycles. The highest BCUT2D eigenvalue weighted by atomic mass is 127. The van der Waals surface area contributed by atoms with Gasteiger partial charge in [-0.3, -0.25) is 24.5 Å². The summed E-state index contributed by atoms with van der Waals surface area (Å²) >= 11 is 7.61. The van der Waals surface area contributed by atoms with Gasteiger partial charge in [0.15, 0.2) is 23.0 Å². The number of nitrogens with one attached hydrogen (secondary N) is 1. The maximum Gasteiger partial charge on any atom is 0.255 e. The molecule has 2 aromatic carbocycles. The number of hydrogen-bond donors (Lipinski definition) is 1. The van der Waals surface area contributed by atoms with Crippen molar-refractivity contribution < 1.29 is 28.5 Å². The number of alkyl halides is 2. The fourth-order valence-electron chi connectivity index (χ4n) is 10.3. The van der Waals surface area contributed by atoms with Gasteiger partial charge in [-0.15, -0.1) is 36.4 Å². The number of aromatic nitrogens is 2. The number of carbonyl (C=O) groups excluding carboxylic acids is 2. The molecule has 16 heteroatoms. The number of pyridine rings is 2. The van der Waals surface area contributed by atoms with Crippen LogP contribution in [0, 0.1) is 11.8 Å². The molecule has 1 N–H and O–H groups in total. The maximum atomic E-state index is 13.2. The van der Waals surface area contributed by atoms with Gasteiger partial charge < -0.3 is 34.1 Å². The van der Waals surface area contributed by atoms with Crippen LogP contribution in [-0.4, -0.2) is 94.3 Å². The summed E-state index contributed by atoms with van der Waals surface area (Å²) in [7, 11) is 0. The van der Waals surface area contributed by atoms with E-state index in [2.05, 4.69) is 70.8 Å². The van der Waals surface area contributed by atoms with Gasteiger partial charge in [0.2, 0.25) is 13.6 Å². The number of rotatable bonds is 9. The standard InChI is InChI=1S/C24H27N3O3.C18H22N2O3.C6H6ClN.CH3I.2CH4.2ClH/c28-23-19-13-21-22(30-16-29-21)14-20(19)24(7-8-24)27(23)12-6-17-4-10-26(11-5-17)15-18-3-1-2-9-25-18;21-17-13-9-15-16(23-11-22-15)10-14(13)18(4-5-18)20(17)8-3-12-1-6-19-7-2-12;7-5-6-3-1-2-4-8-6;1-2;;;;/h1-3,9,13-14,17H,4-8,10-12,15-16H2;9-10,12,19H,1-8,11H2;1-4H,5H2;1H3;2*1H4;2*1H. The Labute approximate surface area is 428 Å². The molecule has 2 saturated heterocycles. The first-order valence-electron chi connectivity index (χ1n) is 22.6. The Balaban J connectivity index is 0.000000202. The Kier molecular flexibility index (Phi) is 19.7. The predicted octanol–water partition coefficient (Wildman–Crippen LogP) is 10.8. The van der Waals surface area contributed by atoms with Crippen molar-refractivity contribution in [1.82, 2.24) is 30.0 Å². The molecule has 8 aliphatic rings. The van der Waals surface area contributed by atoms with E-state index in [9.17, 15) is 9.59 Å². The smallest absolute Gasteiger partial charge is 0.255 e. The number of piperidine rings is 2. The van der Waals surface area contributed by atoms with Crippen LogP contribution >= 0.6 is 59.0 Å². The first-order valence-corrected chi connectivity index (χ1v) is 25.3. The van der Waals surface area contributed by atoms with Gasteiger partial charge in [-0.25, -0.2) is 0 Å². The van der Waals surface area contributed by atoms with Crippen molar-refractivity contribution in [3.8, 4) is 23.0 Å². The molecule has 2 saturated carbocycles. The van der Waals surface area contributed by atoms with Crippen LogP contribution in [0.15, 0.2) is 73.1 Å². The molecule has 0 atom stereocenters. The first-order chi connectivity index (χ1) is 30.9. The van der Waals surface area contributed by atoms with Crippen molar-refractivity contribution in [3.05, 3.63) is 107 Å². The minimum atomic E-state index is -0.0763. The summed E-state index contributed by atoms with van der Waals surface area (Å²) in [4.78, 5) is 43.3. The zero-order valence-electron chi connectivity index (χ0n) is 37.0. The Morgan fingerprint density at radius 1 is 0.657 bits per heavy atom. The number of halogens is 4. The molecule has 366 valence electrons. The van der Waals surface area contributed by atoms with Crippen molar-refractivity contribution in [2.24, 2.45) is 11.8 Å². The average Bonchev–Trinajstić information content (AvgIpc) is 4.17. The fraction of sp³-hybridized carbons (Fsp3) is 0.529. The number of amides is 2. The summed E-state index contributed by atoms with van der Waals surface area (Å²) < 4.78 is 22.0. The van der Waals surface area contributed by atoms with Crippen LogP contribution in [0.4, 0.5) is 0 Å². The number of ether oxygens (including phenoxy) is 4. The van der Waals surface area contributed by atoms with E-state index in [-0.39, 0.29) is 76.1 Å². The maximum absolute atomic E-state index is 13.2. The van der Waals surface area contributed by atoms with Crippen LogP contribution in [-0.2, 0) is 23.5 Å². The molecular weight excluding hydrogens is 1030 g/mol. The number of likely N-dealkylation sites (tertiary alicyclic amines) is 1. The van der Waals surface area contributed by atoms with Gasteiger partial charge in [0.25, 0.3) is 11.8 Å². The molecule has 12 rings (SSSR count). The van der Waals surface area contributed by atoms with E-state index >= 15 is 0 Å². The molecule has 8 heterocycles. The molecule has 12 nitrogen and oxygen atoms in total. The summed E-state index contributed by atoms with van der Waals surface area (Å²) in [6.45, 7) is 7.64. The third-order valence-corrected chi connectivity index (χ3v) is 14.4. The Morgan fingerprint density at radius 2 is 1.09 bits per heavy atom. The average molecular weight is 1090 g/mol. The topological polar surface area (TPSA) is 119 Å². The Hall–Kier alpha value is -3.60. The van der Waals surface area contributed by atoms with Crippen LogP contribution < -0.4 is 24.3 Å². The lowest BCUT2D eigenvalue weighted by Crippen LogP contribution is -2.38. The van der Waals surface area contributed by atoms with Gasteiger partial charge in [0, 0.05) is 43.2 Å². The lowest BCUT2D eigenvalue weighted by molar-refractivity contribution is 0.0667. The van der Waals surface area contributed by atoms with E-state index in [1.165, 1.54) is 25.7 Å². The second-order valence-corrected chi connectivity index (χ2v) is 18.0. The third kappa shape index (κ3) is 11.5. The molecule has 6 aliphatic heterocycles. The normalized spacial score (nSPS) is 19.4. The highest BCUT2D eigenvalue weighted by Crippen LogP contribution is 2.60. The lowest BCUT2D eigenvalue weighted by Gasteiger charge is -2.33. The molecule has 2 amide bonds. The largest absolute Gasteiger partial charge is 0.454 e.